The summed E-state index contributed by atoms with van der Waals surface area (Å²) in [5, 5.41) is 8.63. The molecule has 0 aliphatic rings. The Morgan fingerprint density at radius 1 is 1.30 bits per heavy atom. The third-order valence-corrected chi connectivity index (χ3v) is 4.57. The van der Waals surface area contributed by atoms with Crippen LogP contribution in [-0.4, -0.2) is 35.8 Å². The van der Waals surface area contributed by atoms with E-state index in [2.05, 4.69) is 10.2 Å². The van der Waals surface area contributed by atoms with Crippen LogP contribution in [-0.2, 0) is 0 Å². The molecular formula is C12H11F2N3OS2. The summed E-state index contributed by atoms with van der Waals surface area (Å²) in [6, 6.07) is 3.12. The molecule has 20 heavy (non-hydrogen) atoms. The minimum Gasteiger partial charge on any atom is -0.353 e. The van der Waals surface area contributed by atoms with Crippen LogP contribution >= 0.6 is 23.1 Å². The molecule has 0 unspecified atom stereocenters. The highest BCUT2D eigenvalue weighted by Crippen LogP contribution is 2.27. The number of carbonyl (C=O) groups is 1. The normalized spacial score (nSPS) is 10.6. The summed E-state index contributed by atoms with van der Waals surface area (Å²) >= 11 is 2.59. The third-order valence-electron chi connectivity index (χ3n) is 2.35. The SMILES string of the molecule is CN(C)c1nnc(SCC(=O)c2ccc(F)c(F)c2)s1. The van der Waals surface area contributed by atoms with Crippen LogP contribution in [0, 0.1) is 11.6 Å². The van der Waals surface area contributed by atoms with Gasteiger partial charge in [0.05, 0.1) is 5.75 Å². The van der Waals surface area contributed by atoms with Gasteiger partial charge in [-0.3, -0.25) is 4.79 Å². The Hall–Kier alpha value is -1.54. The molecule has 0 saturated carbocycles. The minimum absolute atomic E-state index is 0.104. The molecule has 1 aromatic carbocycles. The van der Waals surface area contributed by atoms with Crippen LogP contribution < -0.4 is 4.90 Å². The Morgan fingerprint density at radius 2 is 2.05 bits per heavy atom. The fraction of sp³-hybridized carbons (Fsp3) is 0.250. The number of hydrogen-bond acceptors (Lipinski definition) is 6. The number of ketones is 1. The van der Waals surface area contributed by atoms with Crippen molar-refractivity contribution in [2.75, 3.05) is 24.7 Å². The van der Waals surface area contributed by atoms with Gasteiger partial charge in [0.1, 0.15) is 0 Å². The Labute approximate surface area is 122 Å². The number of aromatic nitrogens is 2. The van der Waals surface area contributed by atoms with E-state index in [4.69, 9.17) is 0 Å². The number of Topliss-reactive ketones (excluding diaryl/α,β-unsaturated/α-hetero) is 1. The van der Waals surface area contributed by atoms with Crippen molar-refractivity contribution in [2.45, 2.75) is 4.34 Å². The fourth-order valence-electron chi connectivity index (χ4n) is 1.32. The van der Waals surface area contributed by atoms with Crippen molar-refractivity contribution in [1.29, 1.82) is 0 Å². The molecule has 2 rings (SSSR count). The maximum Gasteiger partial charge on any atom is 0.208 e. The molecule has 0 amide bonds. The lowest BCUT2D eigenvalue weighted by Gasteiger charge is -2.03. The second kappa shape index (κ2) is 6.27. The smallest absolute Gasteiger partial charge is 0.208 e. The maximum absolute atomic E-state index is 13.0. The molecule has 0 radical (unpaired) electrons. The van der Waals surface area contributed by atoms with Crippen LogP contribution in [0.2, 0.25) is 0 Å². The number of benzene rings is 1. The average Bonchev–Trinajstić information content (AvgIpc) is 2.88. The molecule has 106 valence electrons. The van der Waals surface area contributed by atoms with Gasteiger partial charge in [-0.05, 0) is 18.2 Å². The number of anilines is 1. The van der Waals surface area contributed by atoms with Crippen molar-refractivity contribution < 1.29 is 13.6 Å². The lowest BCUT2D eigenvalue weighted by Crippen LogP contribution is -2.07. The number of thioether (sulfide) groups is 1. The van der Waals surface area contributed by atoms with E-state index in [1.54, 1.807) is 0 Å². The third kappa shape index (κ3) is 3.51. The van der Waals surface area contributed by atoms with E-state index in [1.165, 1.54) is 29.2 Å². The van der Waals surface area contributed by atoms with E-state index in [0.717, 1.165) is 17.3 Å². The lowest BCUT2D eigenvalue weighted by atomic mass is 10.1. The van der Waals surface area contributed by atoms with E-state index >= 15 is 0 Å². The van der Waals surface area contributed by atoms with Gasteiger partial charge in [0.25, 0.3) is 0 Å². The Bertz CT molecular complexity index is 631. The van der Waals surface area contributed by atoms with Gasteiger partial charge in [0, 0.05) is 19.7 Å². The summed E-state index contributed by atoms with van der Waals surface area (Å²) in [6.07, 6.45) is 0. The van der Waals surface area contributed by atoms with Crippen molar-refractivity contribution in [1.82, 2.24) is 10.2 Å². The second-order valence-electron chi connectivity index (χ2n) is 4.09. The van der Waals surface area contributed by atoms with Crippen LogP contribution in [0.5, 0.6) is 0 Å². The quantitative estimate of drug-likeness (QED) is 0.627. The predicted octanol–water partition coefficient (Wildman–Crippen LogP) is 2.86. The summed E-state index contributed by atoms with van der Waals surface area (Å²) in [4.78, 5) is 13.7. The molecule has 1 aromatic heterocycles. The lowest BCUT2D eigenvalue weighted by molar-refractivity contribution is 0.102. The van der Waals surface area contributed by atoms with E-state index < -0.39 is 11.6 Å². The van der Waals surface area contributed by atoms with Gasteiger partial charge in [0.15, 0.2) is 21.8 Å². The molecule has 4 nitrogen and oxygen atoms in total. The summed E-state index contributed by atoms with van der Waals surface area (Å²) < 4.78 is 26.5. The van der Waals surface area contributed by atoms with Crippen molar-refractivity contribution in [3.63, 3.8) is 0 Å². The molecule has 0 saturated heterocycles. The monoisotopic (exact) mass is 315 g/mol. The molecule has 1 heterocycles. The van der Waals surface area contributed by atoms with E-state index in [9.17, 15) is 13.6 Å². The Morgan fingerprint density at radius 3 is 2.65 bits per heavy atom. The zero-order chi connectivity index (χ0) is 14.7. The first-order valence-electron chi connectivity index (χ1n) is 5.59. The van der Waals surface area contributed by atoms with Gasteiger partial charge >= 0.3 is 0 Å². The topological polar surface area (TPSA) is 46.1 Å². The maximum atomic E-state index is 13.0. The van der Waals surface area contributed by atoms with Gasteiger partial charge < -0.3 is 4.90 Å². The Balaban J connectivity index is 1.99. The number of halogens is 2. The van der Waals surface area contributed by atoms with E-state index in [1.807, 2.05) is 19.0 Å². The standard InChI is InChI=1S/C12H11F2N3OS2/c1-17(2)11-15-16-12(20-11)19-6-10(18)7-3-4-8(13)9(14)5-7/h3-5H,6H2,1-2H3. The summed E-state index contributed by atoms with van der Waals surface area (Å²) in [6.45, 7) is 0. The molecule has 0 atom stereocenters. The zero-order valence-corrected chi connectivity index (χ0v) is 12.4. The first-order chi connectivity index (χ1) is 9.47. The predicted molar refractivity (Wildman–Crippen MR) is 75.6 cm³/mol. The molecule has 0 aliphatic carbocycles. The van der Waals surface area contributed by atoms with Gasteiger partial charge in [-0.1, -0.05) is 23.1 Å². The first-order valence-corrected chi connectivity index (χ1v) is 7.39. The van der Waals surface area contributed by atoms with Crippen molar-refractivity contribution in [2.24, 2.45) is 0 Å². The Kier molecular flexibility index (Phi) is 4.66. The van der Waals surface area contributed by atoms with Crippen LogP contribution in [0.3, 0.4) is 0 Å². The summed E-state index contributed by atoms with van der Waals surface area (Å²) in [5.74, 6) is -2.16. The zero-order valence-electron chi connectivity index (χ0n) is 10.8. The van der Waals surface area contributed by atoms with Crippen LogP contribution in [0.25, 0.3) is 0 Å². The van der Waals surface area contributed by atoms with Crippen molar-refractivity contribution in [3.05, 3.63) is 35.4 Å². The van der Waals surface area contributed by atoms with Crippen LogP contribution in [0.1, 0.15) is 10.4 Å². The highest BCUT2D eigenvalue weighted by atomic mass is 32.2. The summed E-state index contributed by atoms with van der Waals surface area (Å²) in [5.41, 5.74) is 0.147. The number of hydrogen-bond donors (Lipinski definition) is 0. The summed E-state index contributed by atoms with van der Waals surface area (Å²) in [7, 11) is 3.70. The molecule has 0 N–H and O–H groups in total. The van der Waals surface area contributed by atoms with Gasteiger partial charge in [-0.2, -0.15) is 0 Å². The van der Waals surface area contributed by atoms with Gasteiger partial charge in [-0.15, -0.1) is 10.2 Å². The van der Waals surface area contributed by atoms with Crippen LogP contribution in [0.15, 0.2) is 22.5 Å². The van der Waals surface area contributed by atoms with Crippen molar-refractivity contribution >= 4 is 34.0 Å². The van der Waals surface area contributed by atoms with Gasteiger partial charge in [-0.25, -0.2) is 8.78 Å². The second-order valence-corrected chi connectivity index (χ2v) is 6.26. The number of rotatable bonds is 5. The van der Waals surface area contributed by atoms with E-state index in [0.29, 0.717) is 4.34 Å². The molecular weight excluding hydrogens is 304 g/mol. The number of carbonyl (C=O) groups excluding carboxylic acids is 1. The average molecular weight is 315 g/mol. The molecule has 0 fully saturated rings. The molecule has 2 aromatic rings. The van der Waals surface area contributed by atoms with Crippen LogP contribution in [0.4, 0.5) is 13.9 Å². The van der Waals surface area contributed by atoms with Crippen molar-refractivity contribution in [3.8, 4) is 0 Å². The van der Waals surface area contributed by atoms with E-state index in [-0.39, 0.29) is 17.1 Å². The fourth-order valence-corrected chi connectivity index (χ4v) is 2.98. The molecule has 0 spiro atoms. The minimum atomic E-state index is -1.02. The molecule has 8 heteroatoms. The first kappa shape index (κ1) is 14.9. The highest BCUT2D eigenvalue weighted by molar-refractivity contribution is 8.01. The highest BCUT2D eigenvalue weighted by Gasteiger charge is 2.12. The largest absolute Gasteiger partial charge is 0.353 e. The number of nitrogens with zero attached hydrogens (tertiary/aromatic N) is 3. The van der Waals surface area contributed by atoms with Gasteiger partial charge in [0.2, 0.25) is 5.13 Å². The molecule has 0 aliphatic heterocycles. The molecule has 0 bridgehead atoms.